The molecule has 3 heterocycles. The van der Waals surface area contributed by atoms with Gasteiger partial charge in [0.15, 0.2) is 11.5 Å². The minimum Gasteiger partial charge on any atom is -0.280 e. The molecule has 0 saturated heterocycles. The van der Waals surface area contributed by atoms with Crippen molar-refractivity contribution >= 4 is 11.2 Å². The Bertz CT molecular complexity index is 1640. The zero-order valence-corrected chi connectivity index (χ0v) is 21.1. The van der Waals surface area contributed by atoms with E-state index >= 15 is 0 Å². The third-order valence-corrected chi connectivity index (χ3v) is 7.97. The largest absolute Gasteiger partial charge is 0.280 e. The number of hydrogen-bond donors (Lipinski definition) is 1. The molecule has 0 spiro atoms. The normalized spacial score (nSPS) is 17.2. The monoisotopic (exact) mass is 475 g/mol. The van der Waals surface area contributed by atoms with Gasteiger partial charge in [-0.05, 0) is 98.4 Å². The van der Waals surface area contributed by atoms with Crippen molar-refractivity contribution in [1.29, 1.82) is 0 Å². The minimum atomic E-state index is -0.0473. The second-order valence-corrected chi connectivity index (χ2v) is 10.5. The number of imidazole rings is 1. The van der Waals surface area contributed by atoms with Gasteiger partial charge < -0.3 is 0 Å². The quantitative estimate of drug-likeness (QED) is 0.382. The van der Waals surface area contributed by atoms with Crippen LogP contribution in [0, 0.1) is 27.7 Å². The number of pyridine rings is 1. The Labute approximate surface area is 210 Å². The van der Waals surface area contributed by atoms with Crippen LogP contribution in [-0.4, -0.2) is 35.2 Å². The van der Waals surface area contributed by atoms with Crippen LogP contribution in [0.2, 0.25) is 0 Å². The maximum atomic E-state index is 5.16. The van der Waals surface area contributed by atoms with Gasteiger partial charge in [0.25, 0.3) is 0 Å². The molecule has 1 N–H and O–H groups in total. The van der Waals surface area contributed by atoms with E-state index in [1.165, 1.54) is 57.5 Å². The second kappa shape index (κ2) is 7.82. The van der Waals surface area contributed by atoms with Crippen LogP contribution in [0.15, 0.2) is 36.4 Å². The highest BCUT2D eigenvalue weighted by atomic mass is 15.5. The first-order chi connectivity index (χ1) is 17.5. The third-order valence-electron chi connectivity index (χ3n) is 7.97. The molecule has 180 valence electrons. The molecular formula is C29H29N7. The fraction of sp³-hybridized carbons (Fsp3) is 0.345. The standard InChI is InChI=1S/C29H29N7/c1-15-13-17(3)30-29-25(15)31-28(20-9-10-20)36(29)26-16(2)14-23-21(18(26)4)12-11-19-7-5-6-8-22(19)24(23)27-32-34-35-33-27/h5-8,13-14,20,24H,9-12H2,1-4H3,(H,32,33,34,35). The van der Waals surface area contributed by atoms with Crippen molar-refractivity contribution < 1.29 is 0 Å². The number of fused-ring (bicyclic) bond motifs is 3. The molecule has 1 saturated carbocycles. The van der Waals surface area contributed by atoms with Crippen LogP contribution >= 0.6 is 0 Å². The fourth-order valence-electron chi connectivity index (χ4n) is 6.23. The van der Waals surface area contributed by atoms with E-state index in [-0.39, 0.29) is 5.92 Å². The van der Waals surface area contributed by atoms with Crippen molar-refractivity contribution in [3.05, 3.63) is 92.7 Å². The highest BCUT2D eigenvalue weighted by Gasteiger charge is 2.34. The summed E-state index contributed by atoms with van der Waals surface area (Å²) in [7, 11) is 0. The van der Waals surface area contributed by atoms with Crippen LogP contribution in [0.1, 0.15) is 81.0 Å². The minimum absolute atomic E-state index is 0.0473. The smallest absolute Gasteiger partial charge is 0.186 e. The lowest BCUT2D eigenvalue weighted by Crippen LogP contribution is -2.13. The summed E-state index contributed by atoms with van der Waals surface area (Å²) in [6.07, 6.45) is 4.34. The van der Waals surface area contributed by atoms with Gasteiger partial charge in [-0.2, -0.15) is 5.21 Å². The predicted octanol–water partition coefficient (Wildman–Crippen LogP) is 5.32. The van der Waals surface area contributed by atoms with Crippen LogP contribution in [0.4, 0.5) is 0 Å². The summed E-state index contributed by atoms with van der Waals surface area (Å²) < 4.78 is 2.37. The lowest BCUT2D eigenvalue weighted by atomic mass is 9.84. The number of aryl methyl sites for hydroxylation is 4. The van der Waals surface area contributed by atoms with Gasteiger partial charge in [0.2, 0.25) is 0 Å². The molecule has 2 aromatic carbocycles. The number of benzene rings is 2. The zero-order valence-electron chi connectivity index (χ0n) is 21.1. The highest BCUT2D eigenvalue weighted by Crippen LogP contribution is 2.45. The van der Waals surface area contributed by atoms with Crippen LogP contribution < -0.4 is 0 Å². The molecule has 0 bridgehead atoms. The summed E-state index contributed by atoms with van der Waals surface area (Å²) in [5.74, 6) is 2.34. The molecule has 0 amide bonds. The molecule has 3 aromatic heterocycles. The van der Waals surface area contributed by atoms with Gasteiger partial charge in [0.1, 0.15) is 11.3 Å². The molecule has 7 heteroatoms. The Hall–Kier alpha value is -3.87. The van der Waals surface area contributed by atoms with Crippen LogP contribution in [-0.2, 0) is 12.8 Å². The van der Waals surface area contributed by atoms with Crippen molar-refractivity contribution in [3.8, 4) is 5.69 Å². The van der Waals surface area contributed by atoms with Gasteiger partial charge >= 0.3 is 0 Å². The molecule has 2 aliphatic rings. The van der Waals surface area contributed by atoms with Crippen molar-refractivity contribution in [3.63, 3.8) is 0 Å². The molecule has 2 aliphatic carbocycles. The van der Waals surface area contributed by atoms with Crippen molar-refractivity contribution in [2.75, 3.05) is 0 Å². The average molecular weight is 476 g/mol. The molecule has 0 aliphatic heterocycles. The second-order valence-electron chi connectivity index (χ2n) is 10.5. The summed E-state index contributed by atoms with van der Waals surface area (Å²) in [5, 5.41) is 15.5. The number of aromatic amines is 1. The molecule has 5 aromatic rings. The number of H-pyrrole nitrogens is 1. The van der Waals surface area contributed by atoms with E-state index in [1.807, 2.05) is 0 Å². The van der Waals surface area contributed by atoms with E-state index in [0.29, 0.717) is 5.92 Å². The van der Waals surface area contributed by atoms with Crippen molar-refractivity contribution in [2.45, 2.75) is 65.2 Å². The van der Waals surface area contributed by atoms with Crippen molar-refractivity contribution in [1.82, 2.24) is 35.2 Å². The summed E-state index contributed by atoms with van der Waals surface area (Å²) >= 11 is 0. The first-order valence-corrected chi connectivity index (χ1v) is 12.8. The molecular weight excluding hydrogens is 446 g/mol. The number of nitrogens with one attached hydrogen (secondary N) is 1. The molecule has 7 rings (SSSR count). The highest BCUT2D eigenvalue weighted by molar-refractivity contribution is 5.79. The summed E-state index contributed by atoms with van der Waals surface area (Å²) in [6, 6.07) is 13.2. The zero-order chi connectivity index (χ0) is 24.6. The predicted molar refractivity (Wildman–Crippen MR) is 139 cm³/mol. The van der Waals surface area contributed by atoms with E-state index in [4.69, 9.17) is 9.97 Å². The molecule has 0 radical (unpaired) electrons. The topological polar surface area (TPSA) is 85.2 Å². The van der Waals surface area contributed by atoms with E-state index in [9.17, 15) is 0 Å². The van der Waals surface area contributed by atoms with Crippen LogP contribution in [0.3, 0.4) is 0 Å². The van der Waals surface area contributed by atoms with Crippen LogP contribution in [0.25, 0.3) is 16.9 Å². The van der Waals surface area contributed by atoms with Gasteiger partial charge in [0, 0.05) is 11.6 Å². The van der Waals surface area contributed by atoms with Gasteiger partial charge in [-0.1, -0.05) is 35.5 Å². The fourth-order valence-corrected chi connectivity index (χ4v) is 6.23. The Morgan fingerprint density at radius 2 is 1.75 bits per heavy atom. The number of rotatable bonds is 3. The maximum absolute atomic E-state index is 5.16. The maximum Gasteiger partial charge on any atom is 0.186 e. The molecule has 1 fully saturated rings. The average Bonchev–Trinajstić information content (AvgIpc) is 3.48. The van der Waals surface area contributed by atoms with Gasteiger partial charge in [0.05, 0.1) is 11.6 Å². The van der Waals surface area contributed by atoms with Gasteiger partial charge in [-0.25, -0.2) is 9.97 Å². The van der Waals surface area contributed by atoms with Crippen molar-refractivity contribution in [2.24, 2.45) is 0 Å². The van der Waals surface area contributed by atoms with E-state index < -0.39 is 0 Å². The van der Waals surface area contributed by atoms with Gasteiger partial charge in [-0.15, -0.1) is 10.2 Å². The molecule has 1 unspecified atom stereocenters. The third kappa shape index (κ3) is 3.15. The SMILES string of the molecule is Cc1cc(C)c2nc(C3CC3)n(-c3c(C)cc4c(c3C)CCc3ccccc3C4c3nn[nH]n3)c2n1. The van der Waals surface area contributed by atoms with E-state index in [2.05, 4.69) is 89.3 Å². The summed E-state index contributed by atoms with van der Waals surface area (Å²) in [5.41, 5.74) is 13.2. The van der Waals surface area contributed by atoms with Crippen LogP contribution in [0.5, 0.6) is 0 Å². The lowest BCUT2D eigenvalue weighted by Gasteiger charge is -2.23. The number of tetrazole rings is 1. The first-order valence-electron chi connectivity index (χ1n) is 12.8. The number of nitrogens with zero attached hydrogens (tertiary/aromatic N) is 6. The summed E-state index contributed by atoms with van der Waals surface area (Å²) in [4.78, 5) is 10.2. The molecule has 7 nitrogen and oxygen atoms in total. The lowest BCUT2D eigenvalue weighted by molar-refractivity contribution is 0.841. The Morgan fingerprint density at radius 3 is 2.53 bits per heavy atom. The molecule has 36 heavy (non-hydrogen) atoms. The van der Waals surface area contributed by atoms with E-state index in [1.54, 1.807) is 0 Å². The Balaban J connectivity index is 1.52. The Morgan fingerprint density at radius 1 is 0.917 bits per heavy atom. The first kappa shape index (κ1) is 21.4. The summed E-state index contributed by atoms with van der Waals surface area (Å²) in [6.45, 7) is 8.71. The number of hydrogen-bond acceptors (Lipinski definition) is 5. The van der Waals surface area contributed by atoms with Gasteiger partial charge in [-0.3, -0.25) is 4.57 Å². The Kier molecular flexibility index (Phi) is 4.65. The van der Waals surface area contributed by atoms with E-state index in [0.717, 1.165) is 41.3 Å². The molecule has 1 atom stereocenters. The number of aromatic nitrogens is 7.